The van der Waals surface area contributed by atoms with Crippen LogP contribution >= 0.6 is 11.8 Å². The van der Waals surface area contributed by atoms with Gasteiger partial charge in [0.05, 0.1) is 0 Å². The molecule has 4 heteroatoms. The highest BCUT2D eigenvalue weighted by Gasteiger charge is 2.30. The van der Waals surface area contributed by atoms with Crippen LogP contribution in [0.5, 0.6) is 0 Å². The Kier molecular flexibility index (Phi) is 5.22. The summed E-state index contributed by atoms with van der Waals surface area (Å²) in [4.78, 5) is 0.543. The molecule has 3 unspecified atom stereocenters. The molecular formula is C15H21F2NS. The fourth-order valence-electron chi connectivity index (χ4n) is 2.79. The van der Waals surface area contributed by atoms with Crippen molar-refractivity contribution >= 4 is 11.8 Å². The zero-order valence-electron chi connectivity index (χ0n) is 11.2. The minimum absolute atomic E-state index is 0.351. The monoisotopic (exact) mass is 285 g/mol. The predicted octanol–water partition coefficient (Wildman–Crippen LogP) is 4.21. The predicted molar refractivity (Wildman–Crippen MR) is 76.2 cm³/mol. The van der Waals surface area contributed by atoms with E-state index in [2.05, 4.69) is 6.92 Å². The maximum Gasteiger partial charge on any atom is 0.139 e. The topological polar surface area (TPSA) is 26.0 Å². The first-order valence-corrected chi connectivity index (χ1v) is 7.83. The number of benzene rings is 1. The maximum absolute atomic E-state index is 13.7. The van der Waals surface area contributed by atoms with Gasteiger partial charge in [0, 0.05) is 16.2 Å². The molecule has 0 radical (unpaired) electrons. The fraction of sp³-hybridized carbons (Fsp3) is 0.600. The molecule has 0 aliphatic heterocycles. The smallest absolute Gasteiger partial charge is 0.139 e. The van der Waals surface area contributed by atoms with Gasteiger partial charge in [0.25, 0.3) is 0 Å². The van der Waals surface area contributed by atoms with Gasteiger partial charge in [-0.05, 0) is 43.4 Å². The highest BCUT2D eigenvalue weighted by molar-refractivity contribution is 8.00. The van der Waals surface area contributed by atoms with Crippen molar-refractivity contribution in [3.05, 3.63) is 29.8 Å². The van der Waals surface area contributed by atoms with Gasteiger partial charge < -0.3 is 5.73 Å². The van der Waals surface area contributed by atoms with Gasteiger partial charge in [0.2, 0.25) is 0 Å². The molecule has 0 bridgehead atoms. The molecule has 0 heterocycles. The van der Waals surface area contributed by atoms with Crippen molar-refractivity contribution in [1.29, 1.82) is 0 Å². The SMILES string of the molecule is CCC1CCC(CN)C(Sc2ccc(F)cc2F)C1. The molecular weight excluding hydrogens is 264 g/mol. The summed E-state index contributed by atoms with van der Waals surface area (Å²) in [6.07, 6.45) is 4.59. The van der Waals surface area contributed by atoms with E-state index in [4.69, 9.17) is 5.73 Å². The van der Waals surface area contributed by atoms with Crippen LogP contribution in [0.25, 0.3) is 0 Å². The molecule has 106 valence electrons. The molecule has 0 amide bonds. The quantitative estimate of drug-likeness (QED) is 0.896. The minimum atomic E-state index is -0.521. The molecule has 1 aliphatic rings. The summed E-state index contributed by atoms with van der Waals surface area (Å²) in [7, 11) is 0. The fourth-order valence-corrected chi connectivity index (χ4v) is 4.25. The number of halogens is 2. The number of thioether (sulfide) groups is 1. The summed E-state index contributed by atoms with van der Waals surface area (Å²) in [5.74, 6) is 0.174. The summed E-state index contributed by atoms with van der Waals surface area (Å²) in [6, 6.07) is 3.82. The maximum atomic E-state index is 13.7. The van der Waals surface area contributed by atoms with Crippen LogP contribution in [0.2, 0.25) is 0 Å². The third kappa shape index (κ3) is 3.69. The van der Waals surface area contributed by atoms with Gasteiger partial charge in [0.1, 0.15) is 11.6 Å². The summed E-state index contributed by atoms with van der Waals surface area (Å²) < 4.78 is 26.6. The Morgan fingerprint density at radius 2 is 2.11 bits per heavy atom. The van der Waals surface area contributed by atoms with E-state index in [1.54, 1.807) is 6.07 Å². The summed E-state index contributed by atoms with van der Waals surface area (Å²) in [6.45, 7) is 2.85. The number of hydrogen-bond donors (Lipinski definition) is 1. The third-order valence-corrected chi connectivity index (χ3v) is 5.55. The summed E-state index contributed by atoms with van der Waals surface area (Å²) in [5.41, 5.74) is 5.83. The van der Waals surface area contributed by atoms with Gasteiger partial charge >= 0.3 is 0 Å². The highest BCUT2D eigenvalue weighted by Crippen LogP contribution is 2.41. The van der Waals surface area contributed by atoms with E-state index in [0.29, 0.717) is 28.5 Å². The first kappa shape index (κ1) is 14.8. The first-order valence-electron chi connectivity index (χ1n) is 6.95. The Morgan fingerprint density at radius 3 is 2.74 bits per heavy atom. The molecule has 1 nitrogen and oxygen atoms in total. The second-order valence-corrected chi connectivity index (χ2v) is 6.60. The van der Waals surface area contributed by atoms with Crippen molar-refractivity contribution in [2.75, 3.05) is 6.54 Å². The normalized spacial score (nSPS) is 27.5. The van der Waals surface area contributed by atoms with Crippen LogP contribution in [0.4, 0.5) is 8.78 Å². The second-order valence-electron chi connectivity index (χ2n) is 5.31. The van der Waals surface area contributed by atoms with E-state index < -0.39 is 11.6 Å². The van der Waals surface area contributed by atoms with Crippen molar-refractivity contribution in [2.24, 2.45) is 17.6 Å². The van der Waals surface area contributed by atoms with E-state index in [1.807, 2.05) is 0 Å². The van der Waals surface area contributed by atoms with Gasteiger partial charge in [0.15, 0.2) is 0 Å². The number of nitrogens with two attached hydrogens (primary N) is 1. The molecule has 0 aromatic heterocycles. The zero-order valence-corrected chi connectivity index (χ0v) is 12.1. The molecule has 1 aromatic rings. The third-order valence-electron chi connectivity index (χ3n) is 4.09. The lowest BCUT2D eigenvalue weighted by Gasteiger charge is -2.35. The molecule has 1 saturated carbocycles. The van der Waals surface area contributed by atoms with Crippen LogP contribution in [-0.2, 0) is 0 Å². The lowest BCUT2D eigenvalue weighted by Crippen LogP contribution is -2.32. The zero-order chi connectivity index (χ0) is 13.8. The van der Waals surface area contributed by atoms with Crippen LogP contribution in [0, 0.1) is 23.5 Å². The second kappa shape index (κ2) is 6.71. The molecule has 19 heavy (non-hydrogen) atoms. The molecule has 1 aromatic carbocycles. The van der Waals surface area contributed by atoms with E-state index in [9.17, 15) is 8.78 Å². The van der Waals surface area contributed by atoms with Crippen LogP contribution in [0.1, 0.15) is 32.6 Å². The molecule has 1 aliphatic carbocycles. The Balaban J connectivity index is 2.09. The van der Waals surface area contributed by atoms with Gasteiger partial charge in [-0.3, -0.25) is 0 Å². The number of hydrogen-bond acceptors (Lipinski definition) is 2. The van der Waals surface area contributed by atoms with Crippen LogP contribution in [-0.4, -0.2) is 11.8 Å². The van der Waals surface area contributed by atoms with E-state index in [-0.39, 0.29) is 0 Å². The Morgan fingerprint density at radius 1 is 1.32 bits per heavy atom. The van der Waals surface area contributed by atoms with Crippen LogP contribution in [0.3, 0.4) is 0 Å². The Bertz CT molecular complexity index is 425. The molecule has 0 spiro atoms. The highest BCUT2D eigenvalue weighted by atomic mass is 32.2. The molecule has 0 saturated heterocycles. The van der Waals surface area contributed by atoms with E-state index in [1.165, 1.54) is 30.7 Å². The summed E-state index contributed by atoms with van der Waals surface area (Å²) in [5, 5.41) is 0.351. The van der Waals surface area contributed by atoms with Gasteiger partial charge in [-0.1, -0.05) is 19.8 Å². The molecule has 3 atom stereocenters. The lowest BCUT2D eigenvalue weighted by atomic mass is 9.80. The summed E-state index contributed by atoms with van der Waals surface area (Å²) >= 11 is 1.53. The average Bonchev–Trinajstić information content (AvgIpc) is 2.41. The average molecular weight is 285 g/mol. The number of rotatable bonds is 4. The van der Waals surface area contributed by atoms with Crippen molar-refractivity contribution in [1.82, 2.24) is 0 Å². The minimum Gasteiger partial charge on any atom is -0.330 e. The van der Waals surface area contributed by atoms with Gasteiger partial charge in [-0.25, -0.2) is 8.78 Å². The molecule has 2 N–H and O–H groups in total. The van der Waals surface area contributed by atoms with Gasteiger partial charge in [-0.15, -0.1) is 11.8 Å². The van der Waals surface area contributed by atoms with Crippen molar-refractivity contribution in [3.8, 4) is 0 Å². The molecule has 1 fully saturated rings. The Hall–Kier alpha value is -0.610. The standard InChI is InChI=1S/C15H21F2NS/c1-2-10-3-4-11(9-18)15(7-10)19-14-6-5-12(16)8-13(14)17/h5-6,8,10-11,15H,2-4,7,9,18H2,1H3. The molecule has 2 rings (SSSR count). The van der Waals surface area contributed by atoms with Crippen molar-refractivity contribution < 1.29 is 8.78 Å². The largest absolute Gasteiger partial charge is 0.330 e. The lowest BCUT2D eigenvalue weighted by molar-refractivity contribution is 0.283. The van der Waals surface area contributed by atoms with E-state index >= 15 is 0 Å². The van der Waals surface area contributed by atoms with Gasteiger partial charge in [-0.2, -0.15) is 0 Å². The van der Waals surface area contributed by atoms with E-state index in [0.717, 1.165) is 18.9 Å². The van der Waals surface area contributed by atoms with Crippen molar-refractivity contribution in [3.63, 3.8) is 0 Å². The Labute approximate surface area is 118 Å². The first-order chi connectivity index (χ1) is 9.13. The van der Waals surface area contributed by atoms with Crippen LogP contribution in [0.15, 0.2) is 23.1 Å². The van der Waals surface area contributed by atoms with Crippen molar-refractivity contribution in [2.45, 2.75) is 42.8 Å². The van der Waals surface area contributed by atoms with Crippen LogP contribution < -0.4 is 5.73 Å².